The molecule has 0 aliphatic heterocycles. The summed E-state index contributed by atoms with van der Waals surface area (Å²) in [7, 11) is 0. The van der Waals surface area contributed by atoms with E-state index in [1.165, 1.54) is 55.3 Å². The molecule has 11 aromatic rings. The van der Waals surface area contributed by atoms with Crippen LogP contribution >= 0.6 is 0 Å². The summed E-state index contributed by atoms with van der Waals surface area (Å²) < 4.78 is 14.3. The van der Waals surface area contributed by atoms with E-state index in [-0.39, 0.29) is 11.8 Å². The van der Waals surface area contributed by atoms with Crippen molar-refractivity contribution >= 4 is 99.5 Å². The molecule has 0 spiro atoms. The van der Waals surface area contributed by atoms with Gasteiger partial charge in [0.25, 0.3) is 0 Å². The van der Waals surface area contributed by atoms with Crippen molar-refractivity contribution in [1.29, 1.82) is 0 Å². The van der Waals surface area contributed by atoms with Gasteiger partial charge in [-0.15, -0.1) is 0 Å². The van der Waals surface area contributed by atoms with Gasteiger partial charge in [-0.05, 0) is 214 Å². The number of fused-ring (bicyclic) bond motifs is 9. The third-order valence-corrected chi connectivity index (χ3v) is 15.1. The van der Waals surface area contributed by atoms with Gasteiger partial charge in [-0.3, -0.25) is 0 Å². The Hall–Kier alpha value is -7.30. The third-order valence-electron chi connectivity index (χ3n) is 15.1. The fourth-order valence-corrected chi connectivity index (χ4v) is 10.9. The van der Waals surface area contributed by atoms with E-state index in [1.54, 1.807) is 0 Å². The highest BCUT2D eigenvalue weighted by atomic mass is 16.4. The van der Waals surface area contributed by atoms with Crippen molar-refractivity contribution in [2.45, 2.75) is 107 Å². The summed E-state index contributed by atoms with van der Waals surface area (Å²) in [6.45, 7) is 27.1. The smallest absolute Gasteiger partial charge is 0.178 e. The first-order valence-corrected chi connectivity index (χ1v) is 25.3. The van der Waals surface area contributed by atoms with Crippen LogP contribution in [0.2, 0.25) is 0 Å². The largest absolute Gasteiger partial charge is 0.452 e. The summed E-state index contributed by atoms with van der Waals surface area (Å²) in [5.41, 5.74) is 20.6. The first kappa shape index (κ1) is 45.2. The fourth-order valence-electron chi connectivity index (χ4n) is 10.9. The Morgan fingerprint density at radius 2 is 0.700 bits per heavy atom. The Labute approximate surface area is 413 Å². The molecule has 0 amide bonds. The van der Waals surface area contributed by atoms with Crippen molar-refractivity contribution in [2.24, 2.45) is 0 Å². The van der Waals surface area contributed by atoms with Crippen LogP contribution in [-0.2, 0) is 0 Å². The minimum absolute atomic E-state index is 0.245. The molecule has 4 nitrogen and oxygen atoms in total. The van der Waals surface area contributed by atoms with Gasteiger partial charge in [0, 0.05) is 55.7 Å². The molecule has 0 fully saturated rings. The van der Waals surface area contributed by atoms with Crippen LogP contribution in [0.5, 0.6) is 0 Å². The summed E-state index contributed by atoms with van der Waals surface area (Å²) >= 11 is 0. The topological polar surface area (TPSA) is 32.8 Å². The van der Waals surface area contributed by atoms with Crippen molar-refractivity contribution in [3.63, 3.8) is 0 Å². The first-order chi connectivity index (χ1) is 33.6. The normalized spacial score (nSPS) is 12.2. The Balaban J connectivity index is 1.10. The number of benzene rings is 9. The highest BCUT2D eigenvalue weighted by Crippen LogP contribution is 2.50. The third kappa shape index (κ3) is 7.60. The number of furan rings is 2. The summed E-state index contributed by atoms with van der Waals surface area (Å²) in [5.74, 6) is 1.32. The number of hydrogen-bond acceptors (Lipinski definition) is 4. The second kappa shape index (κ2) is 17.3. The van der Waals surface area contributed by atoms with Gasteiger partial charge >= 0.3 is 0 Å². The van der Waals surface area contributed by atoms with Gasteiger partial charge in [-0.25, -0.2) is 0 Å². The fraction of sp³-hybridized carbons (Fsp3) is 0.242. The SMILES string of the molecule is Cc1ccc(N(c2cccc(C(C)C)c2)c2ccc3cc4c(cc3c2)oc2c3oc5cc6cc(N(c7cccc(C(C)C)c7)c7ccc(C)c(C)c7)ccc6cc5c3c(C(C)C)c(C(C)C)c42)cc1C. The van der Waals surface area contributed by atoms with Crippen molar-refractivity contribution in [3.05, 3.63) is 190 Å². The molecule has 9 aromatic carbocycles. The zero-order chi connectivity index (χ0) is 48.9. The Bertz CT molecular complexity index is 3610. The molecule has 0 atom stereocenters. The molecule has 0 radical (unpaired) electrons. The molecule has 350 valence electrons. The maximum atomic E-state index is 7.15. The first-order valence-electron chi connectivity index (χ1n) is 25.3. The van der Waals surface area contributed by atoms with Gasteiger partial charge in [-0.2, -0.15) is 0 Å². The Morgan fingerprint density at radius 1 is 0.329 bits per heavy atom. The van der Waals surface area contributed by atoms with Crippen LogP contribution in [-0.4, -0.2) is 0 Å². The van der Waals surface area contributed by atoms with E-state index in [9.17, 15) is 0 Å². The maximum Gasteiger partial charge on any atom is 0.178 e. The van der Waals surface area contributed by atoms with Gasteiger partial charge in [0.2, 0.25) is 0 Å². The van der Waals surface area contributed by atoms with Crippen molar-refractivity contribution < 1.29 is 8.83 Å². The van der Waals surface area contributed by atoms with E-state index in [2.05, 4.69) is 238 Å². The predicted octanol–water partition coefficient (Wildman–Crippen LogP) is 20.5. The highest BCUT2D eigenvalue weighted by molar-refractivity contribution is 6.24. The van der Waals surface area contributed by atoms with Gasteiger partial charge in [0.05, 0.1) is 0 Å². The van der Waals surface area contributed by atoms with Crippen LogP contribution in [0.3, 0.4) is 0 Å². The molecular formula is C66H64N2O2. The summed E-state index contributed by atoms with van der Waals surface area (Å²) in [6, 6.07) is 54.4. The van der Waals surface area contributed by atoms with Crippen LogP contribution in [0.1, 0.15) is 124 Å². The number of nitrogens with zero attached hydrogens (tertiary/aromatic N) is 2. The molecule has 0 bridgehead atoms. The van der Waals surface area contributed by atoms with Crippen LogP contribution in [0.4, 0.5) is 34.1 Å². The molecule has 4 heteroatoms. The summed E-state index contributed by atoms with van der Waals surface area (Å²) in [4.78, 5) is 4.78. The lowest BCUT2D eigenvalue weighted by atomic mass is 9.84. The standard InChI is InChI=1S/C66H64N2O2/c1-37(2)45-15-13-17-51(29-45)67(53-23-19-41(9)43(11)27-53)55-25-21-47-33-57-59(35-49(47)31-55)69-65-63(57)61(39(5)6)62(40(7)8)64-58-34-48-22-26-56(32-50(48)36-60(58)70-66(64)65)68(54-24-20-42(10)44(12)28-54)52-18-14-16-46(30-52)38(3)4/h13-40H,1-12H3. The second-order valence-corrected chi connectivity index (χ2v) is 21.2. The second-order valence-electron chi connectivity index (χ2n) is 21.2. The number of hydrogen-bond donors (Lipinski definition) is 0. The van der Waals surface area contributed by atoms with E-state index < -0.39 is 0 Å². The van der Waals surface area contributed by atoms with E-state index in [0.717, 1.165) is 88.8 Å². The average molecular weight is 917 g/mol. The van der Waals surface area contributed by atoms with Crippen molar-refractivity contribution in [3.8, 4) is 0 Å². The highest BCUT2D eigenvalue weighted by Gasteiger charge is 2.28. The van der Waals surface area contributed by atoms with Gasteiger partial charge < -0.3 is 18.6 Å². The minimum Gasteiger partial charge on any atom is -0.452 e. The van der Waals surface area contributed by atoms with E-state index in [1.807, 2.05) is 0 Å². The molecule has 0 saturated carbocycles. The average Bonchev–Trinajstić information content (AvgIpc) is 3.89. The molecular weight excluding hydrogens is 853 g/mol. The number of anilines is 6. The van der Waals surface area contributed by atoms with Gasteiger partial charge in [0.1, 0.15) is 11.2 Å². The molecule has 11 rings (SSSR count). The van der Waals surface area contributed by atoms with E-state index in [0.29, 0.717) is 11.8 Å². The molecule has 70 heavy (non-hydrogen) atoms. The van der Waals surface area contributed by atoms with E-state index >= 15 is 0 Å². The van der Waals surface area contributed by atoms with Crippen molar-refractivity contribution in [1.82, 2.24) is 0 Å². The van der Waals surface area contributed by atoms with E-state index in [4.69, 9.17) is 8.83 Å². The molecule has 0 unspecified atom stereocenters. The maximum absolute atomic E-state index is 7.15. The minimum atomic E-state index is 0.245. The lowest BCUT2D eigenvalue weighted by Crippen LogP contribution is -2.11. The van der Waals surface area contributed by atoms with Crippen molar-refractivity contribution in [2.75, 3.05) is 9.80 Å². The lowest BCUT2D eigenvalue weighted by molar-refractivity contribution is 0.632. The van der Waals surface area contributed by atoms with Gasteiger partial charge in [-0.1, -0.05) is 104 Å². The van der Waals surface area contributed by atoms with Crippen LogP contribution in [0.15, 0.2) is 154 Å². The quantitative estimate of drug-likeness (QED) is 0.137. The lowest BCUT2D eigenvalue weighted by Gasteiger charge is -2.27. The zero-order valence-corrected chi connectivity index (χ0v) is 42.9. The van der Waals surface area contributed by atoms with Crippen LogP contribution in [0, 0.1) is 27.7 Å². The monoisotopic (exact) mass is 916 g/mol. The Kier molecular flexibility index (Phi) is 11.1. The molecule has 2 heterocycles. The molecule has 2 aromatic heterocycles. The number of aryl methyl sites for hydroxylation is 4. The predicted molar refractivity (Wildman–Crippen MR) is 301 cm³/mol. The van der Waals surface area contributed by atoms with Gasteiger partial charge in [0.15, 0.2) is 11.2 Å². The number of rotatable bonds is 10. The zero-order valence-electron chi connectivity index (χ0n) is 42.9. The molecule has 0 N–H and O–H groups in total. The summed E-state index contributed by atoms with van der Waals surface area (Å²) in [5, 5.41) is 9.18. The molecule has 0 aliphatic carbocycles. The summed E-state index contributed by atoms with van der Waals surface area (Å²) in [6.07, 6.45) is 0. The van der Waals surface area contributed by atoms with Crippen LogP contribution in [0.25, 0.3) is 65.4 Å². The van der Waals surface area contributed by atoms with Crippen LogP contribution < -0.4 is 9.80 Å². The molecule has 0 saturated heterocycles. The Morgan fingerprint density at radius 3 is 1.07 bits per heavy atom. The molecule has 0 aliphatic rings.